The summed E-state index contributed by atoms with van der Waals surface area (Å²) in [6.07, 6.45) is 2.13. The molecule has 8 heteroatoms. The summed E-state index contributed by atoms with van der Waals surface area (Å²) in [6.45, 7) is 5.18. The Hall–Kier alpha value is -3.23. The van der Waals surface area contributed by atoms with E-state index >= 15 is 0 Å². The molecule has 4 N–H and O–H groups in total. The molecule has 2 aromatic carbocycles. The van der Waals surface area contributed by atoms with E-state index in [1.807, 2.05) is 30.3 Å². The molecule has 1 saturated heterocycles. The second kappa shape index (κ2) is 12.5. The maximum Gasteiger partial charge on any atom is 0.247 e. The van der Waals surface area contributed by atoms with E-state index in [0.717, 1.165) is 5.56 Å². The van der Waals surface area contributed by atoms with Gasteiger partial charge in [0.1, 0.15) is 5.82 Å². The summed E-state index contributed by atoms with van der Waals surface area (Å²) in [4.78, 5) is 28.2. The molecule has 1 heterocycles. The summed E-state index contributed by atoms with van der Waals surface area (Å²) in [5.41, 5.74) is 2.93. The van der Waals surface area contributed by atoms with E-state index in [-0.39, 0.29) is 24.8 Å². The van der Waals surface area contributed by atoms with E-state index in [1.165, 1.54) is 12.1 Å². The Kier molecular flexibility index (Phi) is 9.39. The van der Waals surface area contributed by atoms with Gasteiger partial charge in [-0.15, -0.1) is 0 Å². The van der Waals surface area contributed by atoms with Gasteiger partial charge in [-0.25, -0.2) is 9.87 Å². The summed E-state index contributed by atoms with van der Waals surface area (Å²) in [5, 5.41) is 22.1. The molecule has 1 aliphatic rings. The number of nitrogens with zero attached hydrogens (tertiary/aromatic N) is 1. The van der Waals surface area contributed by atoms with Crippen molar-refractivity contribution in [3.8, 4) is 0 Å². The van der Waals surface area contributed by atoms with Crippen molar-refractivity contribution in [2.24, 2.45) is 11.3 Å². The minimum absolute atomic E-state index is 0.0961. The first kappa shape index (κ1) is 26.4. The second-order valence-electron chi connectivity index (χ2n) is 8.99. The molecule has 188 valence electrons. The summed E-state index contributed by atoms with van der Waals surface area (Å²) >= 11 is 0. The summed E-state index contributed by atoms with van der Waals surface area (Å²) in [6, 6.07) is 15.9. The predicted octanol–water partition coefficient (Wildman–Crippen LogP) is 3.13. The average Bonchev–Trinajstić information content (AvgIpc) is 3.19. The molecule has 0 unspecified atom stereocenters. The molecule has 0 aliphatic carbocycles. The lowest BCUT2D eigenvalue weighted by Gasteiger charge is -2.35. The molecule has 7 nitrogen and oxygen atoms in total. The van der Waals surface area contributed by atoms with Crippen molar-refractivity contribution >= 4 is 17.5 Å². The lowest BCUT2D eigenvalue weighted by Crippen LogP contribution is -2.47. The van der Waals surface area contributed by atoms with Gasteiger partial charge in [-0.1, -0.05) is 49.0 Å². The molecule has 2 atom stereocenters. The number of aliphatic hydroxyl groups excluding tert-OH is 1. The molecule has 0 spiro atoms. The molecule has 0 radical (unpaired) electrons. The quantitative estimate of drug-likeness (QED) is 0.259. The number of hydrogen-bond donors (Lipinski definition) is 4. The predicted molar refractivity (Wildman–Crippen MR) is 132 cm³/mol. The van der Waals surface area contributed by atoms with E-state index < -0.39 is 17.2 Å². The number of carbonyl (C=O) groups excluding carboxylic acids is 2. The number of benzene rings is 2. The molecule has 1 fully saturated rings. The summed E-state index contributed by atoms with van der Waals surface area (Å²) in [7, 11) is 0. The largest absolute Gasteiger partial charge is 0.396 e. The standard InChI is InChI=1S/C27H34FN3O4/c1-20(22-9-5-10-23(28)19-22)29-15-11-24(25(33)30-35)27(13-6-18-32)14-17-31(26(27)34)16-12-21-7-3-2-4-8-21/h2-5,7-10,19,24,29,32,35H,1,6,11-18H2,(H,30,33)/t24-,27-/m0/s1. The van der Waals surface area contributed by atoms with Crippen molar-refractivity contribution in [3.63, 3.8) is 0 Å². The Labute approximate surface area is 205 Å². The number of amides is 2. The Morgan fingerprint density at radius 3 is 2.66 bits per heavy atom. The maximum atomic E-state index is 13.7. The molecule has 1 aliphatic heterocycles. The summed E-state index contributed by atoms with van der Waals surface area (Å²) < 4.78 is 13.5. The maximum absolute atomic E-state index is 13.7. The number of likely N-dealkylation sites (tertiary alicyclic amines) is 1. The smallest absolute Gasteiger partial charge is 0.247 e. The van der Waals surface area contributed by atoms with Gasteiger partial charge in [0, 0.05) is 31.9 Å². The molecular weight excluding hydrogens is 449 g/mol. The van der Waals surface area contributed by atoms with Crippen molar-refractivity contribution in [2.45, 2.75) is 32.1 Å². The zero-order valence-electron chi connectivity index (χ0n) is 19.9. The van der Waals surface area contributed by atoms with Crippen LogP contribution in [0, 0.1) is 17.2 Å². The first-order chi connectivity index (χ1) is 16.9. The minimum atomic E-state index is -1.02. The van der Waals surface area contributed by atoms with Crippen LogP contribution in [0.2, 0.25) is 0 Å². The van der Waals surface area contributed by atoms with Crippen LogP contribution in [0.25, 0.3) is 5.70 Å². The highest BCUT2D eigenvalue weighted by atomic mass is 19.1. The van der Waals surface area contributed by atoms with Crippen LogP contribution >= 0.6 is 0 Å². The normalized spacial score (nSPS) is 18.4. The molecule has 35 heavy (non-hydrogen) atoms. The van der Waals surface area contributed by atoms with Crippen molar-refractivity contribution in [2.75, 3.05) is 26.2 Å². The van der Waals surface area contributed by atoms with Gasteiger partial charge < -0.3 is 15.3 Å². The van der Waals surface area contributed by atoms with Gasteiger partial charge in [-0.3, -0.25) is 14.8 Å². The van der Waals surface area contributed by atoms with Crippen LogP contribution < -0.4 is 10.8 Å². The highest BCUT2D eigenvalue weighted by Crippen LogP contribution is 2.45. The number of aliphatic hydroxyl groups is 1. The summed E-state index contributed by atoms with van der Waals surface area (Å²) in [5.74, 6) is -1.93. The number of carbonyl (C=O) groups is 2. The van der Waals surface area contributed by atoms with Crippen molar-refractivity contribution in [3.05, 3.63) is 78.1 Å². The highest BCUT2D eigenvalue weighted by molar-refractivity contribution is 5.92. The Morgan fingerprint density at radius 1 is 1.20 bits per heavy atom. The second-order valence-corrected chi connectivity index (χ2v) is 8.99. The third-order valence-corrected chi connectivity index (χ3v) is 6.87. The van der Waals surface area contributed by atoms with Crippen LogP contribution in [0.3, 0.4) is 0 Å². The number of hydrogen-bond acceptors (Lipinski definition) is 5. The molecule has 2 amide bonds. The van der Waals surface area contributed by atoms with Crippen LogP contribution in [0.4, 0.5) is 4.39 Å². The van der Waals surface area contributed by atoms with Crippen molar-refractivity contribution in [1.29, 1.82) is 0 Å². The van der Waals surface area contributed by atoms with Gasteiger partial charge in [0.05, 0.1) is 11.3 Å². The van der Waals surface area contributed by atoms with Crippen molar-refractivity contribution < 1.29 is 24.3 Å². The monoisotopic (exact) mass is 483 g/mol. The number of nitrogens with one attached hydrogen (secondary N) is 2. The lowest BCUT2D eigenvalue weighted by atomic mass is 9.69. The average molecular weight is 484 g/mol. The zero-order chi connectivity index (χ0) is 25.3. The van der Waals surface area contributed by atoms with Crippen molar-refractivity contribution in [1.82, 2.24) is 15.7 Å². The topological polar surface area (TPSA) is 102 Å². The van der Waals surface area contributed by atoms with Gasteiger partial charge in [0.2, 0.25) is 11.8 Å². The highest BCUT2D eigenvalue weighted by Gasteiger charge is 2.53. The zero-order valence-corrected chi connectivity index (χ0v) is 19.9. The van der Waals surface area contributed by atoms with Gasteiger partial charge >= 0.3 is 0 Å². The Balaban J connectivity index is 1.72. The van der Waals surface area contributed by atoms with E-state index in [0.29, 0.717) is 56.6 Å². The van der Waals surface area contributed by atoms with Gasteiger partial charge in [0.25, 0.3) is 0 Å². The van der Waals surface area contributed by atoms with Gasteiger partial charge in [0.15, 0.2) is 0 Å². The number of hydroxylamine groups is 1. The molecule has 0 saturated carbocycles. The first-order valence-electron chi connectivity index (χ1n) is 12.0. The lowest BCUT2D eigenvalue weighted by molar-refractivity contribution is -0.149. The third-order valence-electron chi connectivity index (χ3n) is 6.87. The fourth-order valence-electron chi connectivity index (χ4n) is 4.99. The van der Waals surface area contributed by atoms with Crippen LogP contribution in [0.15, 0.2) is 61.2 Å². The van der Waals surface area contributed by atoms with E-state index in [9.17, 15) is 24.3 Å². The fourth-order valence-corrected chi connectivity index (χ4v) is 4.99. The van der Waals surface area contributed by atoms with Crippen LogP contribution in [0.5, 0.6) is 0 Å². The molecule has 3 rings (SSSR count). The van der Waals surface area contributed by atoms with E-state index in [2.05, 4.69) is 11.9 Å². The van der Waals surface area contributed by atoms with Gasteiger partial charge in [-0.2, -0.15) is 0 Å². The Morgan fingerprint density at radius 2 is 1.97 bits per heavy atom. The Bertz CT molecular complexity index is 1020. The number of halogens is 1. The number of rotatable bonds is 13. The van der Waals surface area contributed by atoms with E-state index in [1.54, 1.807) is 22.5 Å². The van der Waals surface area contributed by atoms with Gasteiger partial charge in [-0.05, 0) is 55.4 Å². The molecule has 0 bridgehead atoms. The molecule has 0 aromatic heterocycles. The SMILES string of the molecule is C=C(NCC[C@@H](C(=O)NO)[C@]1(CCCO)CCN(CCc2ccccc2)C1=O)c1cccc(F)c1. The van der Waals surface area contributed by atoms with Crippen LogP contribution in [-0.2, 0) is 16.0 Å². The van der Waals surface area contributed by atoms with Crippen LogP contribution in [-0.4, -0.2) is 53.3 Å². The minimum Gasteiger partial charge on any atom is -0.396 e. The van der Waals surface area contributed by atoms with Crippen LogP contribution in [0.1, 0.15) is 36.8 Å². The molecule has 2 aromatic rings. The van der Waals surface area contributed by atoms with E-state index in [4.69, 9.17) is 0 Å². The molecular formula is C27H34FN3O4. The fraction of sp³-hybridized carbons (Fsp3) is 0.407. The first-order valence-corrected chi connectivity index (χ1v) is 12.0. The third kappa shape index (κ3) is 6.46.